The molecule has 1 saturated heterocycles. The SMILES string of the molecule is CCc1ccc2oc(=O)cc(CN3CCN(CC(=O)Nc4ccc(C)cc4Cl)CC3)c2c1. The second kappa shape index (κ2) is 9.86. The summed E-state index contributed by atoms with van der Waals surface area (Å²) in [7, 11) is 0. The number of benzene rings is 2. The van der Waals surface area contributed by atoms with Crippen molar-refractivity contribution in [1.29, 1.82) is 0 Å². The normalized spacial score (nSPS) is 15.2. The van der Waals surface area contributed by atoms with Crippen molar-refractivity contribution in [2.45, 2.75) is 26.8 Å². The lowest BCUT2D eigenvalue weighted by molar-refractivity contribution is -0.117. The molecule has 0 aliphatic carbocycles. The lowest BCUT2D eigenvalue weighted by atomic mass is 10.0. The highest BCUT2D eigenvalue weighted by atomic mass is 35.5. The lowest BCUT2D eigenvalue weighted by Crippen LogP contribution is -2.48. The Kier molecular flexibility index (Phi) is 6.94. The molecular weight excluding hydrogens is 426 g/mol. The van der Waals surface area contributed by atoms with E-state index in [2.05, 4.69) is 28.1 Å². The maximum Gasteiger partial charge on any atom is 0.336 e. The largest absolute Gasteiger partial charge is 0.423 e. The molecule has 1 amide bonds. The second-order valence-corrected chi connectivity index (χ2v) is 8.77. The zero-order valence-electron chi connectivity index (χ0n) is 18.5. The Bertz CT molecular complexity index is 1180. The van der Waals surface area contributed by atoms with Gasteiger partial charge in [0.15, 0.2) is 0 Å². The molecule has 0 unspecified atom stereocenters. The molecule has 1 N–H and O–H groups in total. The molecule has 0 saturated carbocycles. The van der Waals surface area contributed by atoms with Gasteiger partial charge < -0.3 is 9.73 Å². The smallest absolute Gasteiger partial charge is 0.336 e. The number of hydrogen-bond donors (Lipinski definition) is 1. The quantitative estimate of drug-likeness (QED) is 0.570. The molecule has 3 aromatic rings. The van der Waals surface area contributed by atoms with Gasteiger partial charge in [-0.15, -0.1) is 0 Å². The third kappa shape index (κ3) is 5.38. The van der Waals surface area contributed by atoms with Gasteiger partial charge in [0.25, 0.3) is 0 Å². The molecule has 4 rings (SSSR count). The van der Waals surface area contributed by atoms with Crippen LogP contribution in [0, 0.1) is 6.92 Å². The molecule has 2 aromatic carbocycles. The van der Waals surface area contributed by atoms with Crippen molar-refractivity contribution >= 4 is 34.2 Å². The third-order valence-electron chi connectivity index (χ3n) is 5.93. The van der Waals surface area contributed by atoms with E-state index < -0.39 is 0 Å². The number of carbonyl (C=O) groups excluding carboxylic acids is 1. The van der Waals surface area contributed by atoms with E-state index in [4.69, 9.17) is 16.0 Å². The predicted molar refractivity (Wildman–Crippen MR) is 128 cm³/mol. The van der Waals surface area contributed by atoms with Crippen LogP contribution in [-0.4, -0.2) is 48.4 Å². The molecule has 168 valence electrons. The molecule has 1 aliphatic heterocycles. The van der Waals surface area contributed by atoms with Crippen LogP contribution in [0.5, 0.6) is 0 Å². The monoisotopic (exact) mass is 453 g/mol. The Balaban J connectivity index is 1.35. The minimum atomic E-state index is -0.318. The number of nitrogens with one attached hydrogen (secondary N) is 1. The number of amides is 1. The summed E-state index contributed by atoms with van der Waals surface area (Å²) in [5, 5.41) is 4.45. The first kappa shape index (κ1) is 22.5. The van der Waals surface area contributed by atoms with Gasteiger partial charge in [0.1, 0.15) is 5.58 Å². The topological polar surface area (TPSA) is 65.8 Å². The van der Waals surface area contributed by atoms with Crippen molar-refractivity contribution in [3.8, 4) is 0 Å². The number of hydrogen-bond acceptors (Lipinski definition) is 5. The molecule has 0 bridgehead atoms. The summed E-state index contributed by atoms with van der Waals surface area (Å²) in [6, 6.07) is 13.2. The van der Waals surface area contributed by atoms with E-state index in [1.165, 1.54) is 5.56 Å². The van der Waals surface area contributed by atoms with Crippen LogP contribution in [0.25, 0.3) is 11.0 Å². The van der Waals surface area contributed by atoms with Crippen LogP contribution in [-0.2, 0) is 17.8 Å². The standard InChI is InChI=1S/C25H28ClN3O3/c1-3-18-5-7-23-20(13-18)19(14-25(31)32-23)15-28-8-10-29(11-9-28)16-24(30)27-22-6-4-17(2)12-21(22)26/h4-7,12-14H,3,8-11,15-16H2,1-2H3,(H,27,30). The summed E-state index contributed by atoms with van der Waals surface area (Å²) in [6.45, 7) is 8.32. The van der Waals surface area contributed by atoms with E-state index >= 15 is 0 Å². The van der Waals surface area contributed by atoms with Crippen LogP contribution in [0.1, 0.15) is 23.6 Å². The molecule has 32 heavy (non-hydrogen) atoms. The lowest BCUT2D eigenvalue weighted by Gasteiger charge is -2.34. The Labute approximate surface area is 192 Å². The second-order valence-electron chi connectivity index (χ2n) is 8.36. The molecule has 7 heteroatoms. The average Bonchev–Trinajstić information content (AvgIpc) is 2.77. The van der Waals surface area contributed by atoms with E-state index in [-0.39, 0.29) is 11.5 Å². The molecule has 1 fully saturated rings. The van der Waals surface area contributed by atoms with Gasteiger partial charge in [0.2, 0.25) is 5.91 Å². The first-order chi connectivity index (χ1) is 15.4. The van der Waals surface area contributed by atoms with E-state index in [0.29, 0.717) is 29.4 Å². The molecule has 0 spiro atoms. The number of carbonyl (C=O) groups is 1. The summed E-state index contributed by atoms with van der Waals surface area (Å²) < 4.78 is 5.38. The average molecular weight is 454 g/mol. The maximum absolute atomic E-state index is 12.5. The molecule has 1 aliphatic rings. The Hall–Kier alpha value is -2.67. The van der Waals surface area contributed by atoms with Crippen LogP contribution in [0.4, 0.5) is 5.69 Å². The summed E-state index contributed by atoms with van der Waals surface area (Å²) in [4.78, 5) is 28.9. The summed E-state index contributed by atoms with van der Waals surface area (Å²) in [5.74, 6) is -0.0667. The fraction of sp³-hybridized carbons (Fsp3) is 0.360. The first-order valence-corrected chi connectivity index (χ1v) is 11.4. The van der Waals surface area contributed by atoms with Gasteiger partial charge in [-0.1, -0.05) is 30.7 Å². The number of nitrogens with zero attached hydrogens (tertiary/aromatic N) is 2. The van der Waals surface area contributed by atoms with Gasteiger partial charge in [-0.25, -0.2) is 4.79 Å². The summed E-state index contributed by atoms with van der Waals surface area (Å²) >= 11 is 6.22. The van der Waals surface area contributed by atoms with Crippen LogP contribution >= 0.6 is 11.6 Å². The van der Waals surface area contributed by atoms with Crippen molar-refractivity contribution in [2.24, 2.45) is 0 Å². The Morgan fingerprint density at radius 2 is 1.81 bits per heavy atom. The highest BCUT2D eigenvalue weighted by Gasteiger charge is 2.20. The highest BCUT2D eigenvalue weighted by molar-refractivity contribution is 6.33. The van der Waals surface area contributed by atoms with E-state index in [9.17, 15) is 9.59 Å². The molecule has 0 atom stereocenters. The summed E-state index contributed by atoms with van der Waals surface area (Å²) in [6.07, 6.45) is 0.934. The number of aryl methyl sites for hydroxylation is 2. The Morgan fingerprint density at radius 3 is 2.53 bits per heavy atom. The Morgan fingerprint density at radius 1 is 1.06 bits per heavy atom. The zero-order chi connectivity index (χ0) is 22.7. The van der Waals surface area contributed by atoms with Gasteiger partial charge in [-0.3, -0.25) is 14.6 Å². The molecule has 2 heterocycles. The van der Waals surface area contributed by atoms with Crippen molar-refractivity contribution in [3.63, 3.8) is 0 Å². The van der Waals surface area contributed by atoms with Gasteiger partial charge in [0, 0.05) is 44.2 Å². The van der Waals surface area contributed by atoms with E-state index in [1.807, 2.05) is 37.3 Å². The number of halogens is 1. The van der Waals surface area contributed by atoms with Crippen molar-refractivity contribution in [3.05, 3.63) is 74.6 Å². The van der Waals surface area contributed by atoms with Crippen LogP contribution < -0.4 is 10.9 Å². The van der Waals surface area contributed by atoms with Crippen LogP contribution in [0.15, 0.2) is 51.7 Å². The fourth-order valence-corrected chi connectivity index (χ4v) is 4.37. The number of anilines is 1. The number of fused-ring (bicyclic) bond motifs is 1. The van der Waals surface area contributed by atoms with E-state index in [1.54, 1.807) is 6.07 Å². The minimum Gasteiger partial charge on any atom is -0.423 e. The van der Waals surface area contributed by atoms with Gasteiger partial charge in [-0.2, -0.15) is 0 Å². The zero-order valence-corrected chi connectivity index (χ0v) is 19.2. The van der Waals surface area contributed by atoms with Gasteiger partial charge >= 0.3 is 5.63 Å². The van der Waals surface area contributed by atoms with E-state index in [0.717, 1.165) is 49.1 Å². The highest BCUT2D eigenvalue weighted by Crippen LogP contribution is 2.23. The van der Waals surface area contributed by atoms with Crippen LogP contribution in [0.3, 0.4) is 0 Å². The van der Waals surface area contributed by atoms with Crippen molar-refractivity contribution in [1.82, 2.24) is 9.80 Å². The van der Waals surface area contributed by atoms with Gasteiger partial charge in [0.05, 0.1) is 17.3 Å². The first-order valence-electron chi connectivity index (χ1n) is 11.0. The predicted octanol–water partition coefficient (Wildman–Crippen LogP) is 4.07. The van der Waals surface area contributed by atoms with Gasteiger partial charge in [-0.05, 0) is 54.3 Å². The minimum absolute atomic E-state index is 0.0667. The number of rotatable bonds is 6. The molecule has 1 aromatic heterocycles. The summed E-state index contributed by atoms with van der Waals surface area (Å²) in [5.41, 5.74) is 4.22. The van der Waals surface area contributed by atoms with Crippen LogP contribution in [0.2, 0.25) is 5.02 Å². The molecular formula is C25H28ClN3O3. The molecule has 6 nitrogen and oxygen atoms in total. The third-order valence-corrected chi connectivity index (χ3v) is 6.24. The van der Waals surface area contributed by atoms with Crippen molar-refractivity contribution < 1.29 is 9.21 Å². The van der Waals surface area contributed by atoms with Crippen molar-refractivity contribution in [2.75, 3.05) is 38.0 Å². The maximum atomic E-state index is 12.5. The molecule has 0 radical (unpaired) electrons. The number of piperazine rings is 1. The fourth-order valence-electron chi connectivity index (χ4n) is 4.09.